The van der Waals surface area contributed by atoms with E-state index in [9.17, 15) is 9.59 Å². The van der Waals surface area contributed by atoms with Crippen LogP contribution in [0.2, 0.25) is 5.02 Å². The van der Waals surface area contributed by atoms with Crippen molar-refractivity contribution in [1.82, 2.24) is 0 Å². The van der Waals surface area contributed by atoms with Crippen molar-refractivity contribution < 1.29 is 19.1 Å². The van der Waals surface area contributed by atoms with Crippen molar-refractivity contribution in [2.75, 3.05) is 0 Å². The number of hydrogen-bond donors (Lipinski definition) is 0. The lowest BCUT2D eigenvalue weighted by Gasteiger charge is -2.42. The molecule has 1 aliphatic heterocycles. The Morgan fingerprint density at radius 1 is 0.903 bits per heavy atom. The molecule has 0 saturated heterocycles. The van der Waals surface area contributed by atoms with Crippen molar-refractivity contribution in [2.45, 2.75) is 59.7 Å². The molecule has 0 amide bonds. The molecule has 0 fully saturated rings. The molecule has 5 heteroatoms. The topological polar surface area (TPSA) is 52.6 Å². The highest BCUT2D eigenvalue weighted by molar-refractivity contribution is 6.38. The number of benzene rings is 2. The summed E-state index contributed by atoms with van der Waals surface area (Å²) in [5, 5.41) is 0.426. The summed E-state index contributed by atoms with van der Waals surface area (Å²) in [5.74, 6) is -0.543. The van der Waals surface area contributed by atoms with E-state index in [1.165, 1.54) is 0 Å². The van der Waals surface area contributed by atoms with Gasteiger partial charge in [-0.3, -0.25) is 9.59 Å². The van der Waals surface area contributed by atoms with Gasteiger partial charge in [-0.2, -0.15) is 0 Å². The Bertz CT molecular complexity index is 1060. The molecule has 0 aromatic heterocycles. The first-order chi connectivity index (χ1) is 14.3. The molecule has 0 atom stereocenters. The van der Waals surface area contributed by atoms with Crippen LogP contribution < -0.4 is 0 Å². The van der Waals surface area contributed by atoms with Gasteiger partial charge in [0, 0.05) is 11.1 Å². The molecule has 0 spiro atoms. The second kappa shape index (κ2) is 7.92. The second-order valence-corrected chi connectivity index (χ2v) is 10.2. The third kappa shape index (κ3) is 4.46. The number of ether oxygens (including phenoxy) is 2. The summed E-state index contributed by atoms with van der Waals surface area (Å²) in [5.41, 5.74) is -0.344. The minimum atomic E-state index is -1.11. The van der Waals surface area contributed by atoms with Crippen LogP contribution in [0.5, 0.6) is 0 Å². The van der Waals surface area contributed by atoms with Crippen molar-refractivity contribution in [3.63, 3.8) is 0 Å². The van der Waals surface area contributed by atoms with Gasteiger partial charge in [0.15, 0.2) is 11.5 Å². The Labute approximate surface area is 189 Å². The molecule has 0 saturated carbocycles. The van der Waals surface area contributed by atoms with Crippen LogP contribution in [0.3, 0.4) is 0 Å². The number of hydrogen-bond acceptors (Lipinski definition) is 4. The van der Waals surface area contributed by atoms with E-state index >= 15 is 0 Å². The maximum atomic E-state index is 13.5. The van der Waals surface area contributed by atoms with Crippen LogP contribution in [0, 0.1) is 5.41 Å². The van der Waals surface area contributed by atoms with Gasteiger partial charge in [-0.1, -0.05) is 60.1 Å². The molecule has 3 rings (SSSR count). The van der Waals surface area contributed by atoms with Gasteiger partial charge >= 0.3 is 5.97 Å². The first-order valence-corrected chi connectivity index (χ1v) is 10.7. The molecule has 2 aromatic carbocycles. The van der Waals surface area contributed by atoms with Crippen LogP contribution in [0.4, 0.5) is 0 Å². The smallest absolute Gasteiger partial charge is 0.316 e. The molecule has 1 aliphatic rings. The van der Waals surface area contributed by atoms with Crippen LogP contribution in [0.1, 0.15) is 54.0 Å². The van der Waals surface area contributed by atoms with Crippen molar-refractivity contribution in [1.29, 1.82) is 0 Å². The normalized spacial score (nSPS) is 18.1. The summed E-state index contributed by atoms with van der Waals surface area (Å²) in [6, 6.07) is 15.2. The monoisotopic (exact) mass is 440 g/mol. The molecule has 0 unspecified atom stereocenters. The molecular weight excluding hydrogens is 412 g/mol. The zero-order chi connectivity index (χ0) is 23.2. The lowest BCUT2D eigenvalue weighted by molar-refractivity contribution is -0.169. The number of rotatable bonds is 3. The number of Topliss-reactive ketones (excluding diaryl/α,β-unsaturated/α-hetero) is 1. The Hall–Kier alpha value is -2.43. The molecule has 4 nitrogen and oxygen atoms in total. The first kappa shape index (κ1) is 23.2. The summed E-state index contributed by atoms with van der Waals surface area (Å²) in [4.78, 5) is 26.3. The van der Waals surface area contributed by atoms with E-state index in [-0.39, 0.29) is 17.1 Å². The molecule has 2 aromatic rings. The lowest BCUT2D eigenvalue weighted by atomic mass is 9.82. The Morgan fingerprint density at radius 2 is 1.48 bits per heavy atom. The van der Waals surface area contributed by atoms with Gasteiger partial charge in [-0.25, -0.2) is 0 Å². The minimum Gasteiger partial charge on any atom is -0.427 e. The zero-order valence-corrected chi connectivity index (χ0v) is 19.9. The van der Waals surface area contributed by atoms with Gasteiger partial charge in [0.25, 0.3) is 0 Å². The summed E-state index contributed by atoms with van der Waals surface area (Å²) >= 11 is 6.85. The lowest BCUT2D eigenvalue weighted by Crippen LogP contribution is -2.50. The maximum absolute atomic E-state index is 13.5. The van der Waals surface area contributed by atoms with Crippen molar-refractivity contribution in [3.05, 3.63) is 64.9 Å². The van der Waals surface area contributed by atoms with Gasteiger partial charge in [0.05, 0.1) is 16.0 Å². The summed E-state index contributed by atoms with van der Waals surface area (Å²) in [7, 11) is 0. The predicted octanol–water partition coefficient (Wildman–Crippen LogP) is 6.46. The number of halogens is 1. The highest BCUT2D eigenvalue weighted by Crippen LogP contribution is 2.45. The van der Waals surface area contributed by atoms with Gasteiger partial charge in [0.2, 0.25) is 0 Å². The average molecular weight is 441 g/mol. The second-order valence-electron chi connectivity index (χ2n) is 9.83. The van der Waals surface area contributed by atoms with Crippen LogP contribution >= 0.6 is 11.6 Å². The van der Waals surface area contributed by atoms with E-state index in [2.05, 4.69) is 0 Å². The fraction of sp³-hybridized carbons (Fsp3) is 0.385. The molecule has 31 heavy (non-hydrogen) atoms. The third-order valence-electron chi connectivity index (χ3n) is 5.22. The molecule has 0 N–H and O–H groups in total. The molecule has 0 bridgehead atoms. The van der Waals surface area contributed by atoms with Crippen molar-refractivity contribution >= 4 is 28.9 Å². The minimum absolute atomic E-state index is 0.184. The maximum Gasteiger partial charge on any atom is 0.316 e. The SMILES string of the molecule is CC(C)(C)C(=O)OC1=C(c2cccc(-c3ccccc3)c2Cl)C(=O)C(C)(C)OC1(C)C. The van der Waals surface area contributed by atoms with Gasteiger partial charge < -0.3 is 9.47 Å². The molecule has 1 heterocycles. The summed E-state index contributed by atoms with van der Waals surface area (Å²) in [6.07, 6.45) is 0. The summed E-state index contributed by atoms with van der Waals surface area (Å²) in [6.45, 7) is 12.3. The van der Waals surface area contributed by atoms with E-state index in [4.69, 9.17) is 21.1 Å². The summed E-state index contributed by atoms with van der Waals surface area (Å²) < 4.78 is 11.9. The highest BCUT2D eigenvalue weighted by Gasteiger charge is 2.49. The van der Waals surface area contributed by atoms with E-state index in [0.717, 1.165) is 11.1 Å². The average Bonchev–Trinajstić information content (AvgIpc) is 2.66. The number of carbonyl (C=O) groups excluding carboxylic acids is 2. The Kier molecular flexibility index (Phi) is 5.94. The third-order valence-corrected chi connectivity index (χ3v) is 5.63. The number of carbonyl (C=O) groups is 2. The van der Waals surface area contributed by atoms with Crippen LogP contribution in [0.15, 0.2) is 54.3 Å². The van der Waals surface area contributed by atoms with E-state index in [1.807, 2.05) is 42.5 Å². The predicted molar refractivity (Wildman–Crippen MR) is 124 cm³/mol. The van der Waals surface area contributed by atoms with E-state index in [1.54, 1.807) is 54.5 Å². The molecule has 0 aliphatic carbocycles. The standard InChI is InChI=1S/C26H29ClO4/c1-24(2,3)23(29)30-22-19(21(28)25(4,5)31-26(22,6)7)18-15-11-14-17(20(18)27)16-12-9-8-10-13-16/h8-15H,1-7H3. The Morgan fingerprint density at radius 3 is 2.06 bits per heavy atom. The molecular formula is C26H29ClO4. The number of ketones is 1. The van der Waals surface area contributed by atoms with Crippen LogP contribution in [-0.4, -0.2) is 23.0 Å². The number of esters is 1. The zero-order valence-electron chi connectivity index (χ0n) is 19.1. The van der Waals surface area contributed by atoms with Crippen LogP contribution in [0.25, 0.3) is 16.7 Å². The molecule has 164 valence electrons. The fourth-order valence-corrected chi connectivity index (χ4v) is 4.00. The van der Waals surface area contributed by atoms with Crippen molar-refractivity contribution in [3.8, 4) is 11.1 Å². The van der Waals surface area contributed by atoms with Crippen molar-refractivity contribution in [2.24, 2.45) is 5.41 Å². The van der Waals surface area contributed by atoms with E-state index in [0.29, 0.717) is 10.6 Å². The van der Waals surface area contributed by atoms with E-state index < -0.39 is 22.6 Å². The Balaban J connectivity index is 2.29. The fourth-order valence-electron chi connectivity index (χ4n) is 3.67. The van der Waals surface area contributed by atoms with Crippen LogP contribution in [-0.2, 0) is 19.1 Å². The highest BCUT2D eigenvalue weighted by atomic mass is 35.5. The van der Waals surface area contributed by atoms with Gasteiger partial charge in [-0.05, 0) is 54.0 Å². The first-order valence-electron chi connectivity index (χ1n) is 10.3. The largest absolute Gasteiger partial charge is 0.427 e. The van der Waals surface area contributed by atoms with Gasteiger partial charge in [-0.15, -0.1) is 0 Å². The quantitative estimate of drug-likeness (QED) is 0.513. The van der Waals surface area contributed by atoms with Gasteiger partial charge in [0.1, 0.15) is 11.2 Å². The molecule has 0 radical (unpaired) electrons.